The van der Waals surface area contributed by atoms with Crippen molar-refractivity contribution in [1.82, 2.24) is 9.91 Å². The van der Waals surface area contributed by atoms with Gasteiger partial charge in [0.2, 0.25) is 5.91 Å². The number of alkyl halides is 1. The number of carbonyl (C=O) groups is 2. The molecule has 2 aliphatic rings. The molecular weight excluding hydrogens is 387 g/mol. The van der Waals surface area contributed by atoms with Gasteiger partial charge in [0, 0.05) is 25.2 Å². The summed E-state index contributed by atoms with van der Waals surface area (Å²) < 4.78 is 47.2. The van der Waals surface area contributed by atoms with Crippen LogP contribution in [0.2, 0.25) is 0 Å². The van der Waals surface area contributed by atoms with Gasteiger partial charge in [0.15, 0.2) is 0 Å². The van der Waals surface area contributed by atoms with E-state index in [1.807, 2.05) is 0 Å². The Hall–Kier alpha value is -2.58. The number of piperidine rings is 1. The maximum Gasteiger partial charge on any atom is 0.410 e. The topological polar surface area (TPSA) is 62.2 Å². The van der Waals surface area contributed by atoms with Crippen molar-refractivity contribution in [1.29, 1.82) is 0 Å². The van der Waals surface area contributed by atoms with Crippen molar-refractivity contribution in [2.45, 2.75) is 51.4 Å². The number of ether oxygens (including phenoxy) is 1. The van der Waals surface area contributed by atoms with Gasteiger partial charge in [0.25, 0.3) is 0 Å². The van der Waals surface area contributed by atoms with Gasteiger partial charge in [-0.3, -0.25) is 4.79 Å². The molecular formula is C20H24F3N3O3. The standard InChI is InChI=1S/C20H24F3N3O3/c1-20(2,3)29-19(28)25-7-5-15(16(23)11-25)18(27)26-17(4-6-24-26)12-8-13(21)10-14(22)9-12/h6,8-10,15-17H,4-5,7,11H2,1-3H3. The summed E-state index contributed by atoms with van der Waals surface area (Å²) in [5, 5.41) is 5.10. The molecule has 3 rings (SSSR count). The van der Waals surface area contributed by atoms with E-state index >= 15 is 0 Å². The number of rotatable bonds is 2. The minimum absolute atomic E-state index is 0.107. The molecule has 0 bridgehead atoms. The SMILES string of the molecule is CC(C)(C)OC(=O)N1CCC(C(=O)N2N=CCC2c2cc(F)cc(F)c2)C(F)C1. The Morgan fingerprint density at radius 3 is 2.41 bits per heavy atom. The first-order chi connectivity index (χ1) is 13.5. The Bertz CT molecular complexity index is 805. The molecule has 0 radical (unpaired) electrons. The predicted octanol–water partition coefficient (Wildman–Crippen LogP) is 3.82. The highest BCUT2D eigenvalue weighted by Crippen LogP contribution is 2.33. The lowest BCUT2D eigenvalue weighted by Gasteiger charge is -2.36. The molecule has 9 heteroatoms. The predicted molar refractivity (Wildman–Crippen MR) is 99.9 cm³/mol. The number of hydrogen-bond donors (Lipinski definition) is 0. The van der Waals surface area contributed by atoms with Crippen LogP contribution in [0, 0.1) is 17.6 Å². The number of hydrogen-bond acceptors (Lipinski definition) is 4. The summed E-state index contributed by atoms with van der Waals surface area (Å²) in [6.45, 7) is 5.06. The molecule has 3 atom stereocenters. The van der Waals surface area contributed by atoms with E-state index in [2.05, 4.69) is 5.10 Å². The summed E-state index contributed by atoms with van der Waals surface area (Å²) in [6, 6.07) is 2.33. The third kappa shape index (κ3) is 4.89. The molecule has 3 unspecified atom stereocenters. The van der Waals surface area contributed by atoms with E-state index in [-0.39, 0.29) is 31.5 Å². The van der Waals surface area contributed by atoms with E-state index in [0.29, 0.717) is 0 Å². The number of nitrogens with zero attached hydrogens (tertiary/aromatic N) is 3. The van der Waals surface area contributed by atoms with Crippen LogP contribution in [0.4, 0.5) is 18.0 Å². The van der Waals surface area contributed by atoms with Crippen LogP contribution in [0.1, 0.15) is 45.2 Å². The molecule has 29 heavy (non-hydrogen) atoms. The highest BCUT2D eigenvalue weighted by molar-refractivity contribution is 5.83. The van der Waals surface area contributed by atoms with Gasteiger partial charge in [0.1, 0.15) is 23.4 Å². The Balaban J connectivity index is 1.68. The average Bonchev–Trinajstić information content (AvgIpc) is 3.08. The lowest BCUT2D eigenvalue weighted by molar-refractivity contribution is -0.141. The van der Waals surface area contributed by atoms with Gasteiger partial charge in [-0.1, -0.05) is 0 Å². The molecule has 0 aliphatic carbocycles. The van der Waals surface area contributed by atoms with Crippen LogP contribution in [-0.2, 0) is 9.53 Å². The van der Waals surface area contributed by atoms with Crippen molar-refractivity contribution < 1.29 is 27.5 Å². The summed E-state index contributed by atoms with van der Waals surface area (Å²) in [5.41, 5.74) is -0.442. The summed E-state index contributed by atoms with van der Waals surface area (Å²) in [7, 11) is 0. The lowest BCUT2D eigenvalue weighted by atomic mass is 9.93. The van der Waals surface area contributed by atoms with Crippen LogP contribution in [0.3, 0.4) is 0 Å². The van der Waals surface area contributed by atoms with Gasteiger partial charge in [-0.2, -0.15) is 5.10 Å². The molecule has 1 fully saturated rings. The van der Waals surface area contributed by atoms with Crippen molar-refractivity contribution in [3.05, 3.63) is 35.4 Å². The van der Waals surface area contributed by atoms with Crippen LogP contribution in [0.5, 0.6) is 0 Å². The van der Waals surface area contributed by atoms with Crippen molar-refractivity contribution >= 4 is 18.2 Å². The first-order valence-electron chi connectivity index (χ1n) is 9.48. The van der Waals surface area contributed by atoms with Crippen molar-refractivity contribution in [2.75, 3.05) is 13.1 Å². The van der Waals surface area contributed by atoms with E-state index in [4.69, 9.17) is 4.74 Å². The molecule has 2 heterocycles. The molecule has 0 saturated carbocycles. The number of halogens is 3. The molecule has 1 saturated heterocycles. The molecule has 2 aliphatic heterocycles. The number of carbonyl (C=O) groups excluding carboxylic acids is 2. The van der Waals surface area contributed by atoms with E-state index in [9.17, 15) is 22.8 Å². The second-order valence-corrected chi connectivity index (χ2v) is 8.27. The van der Waals surface area contributed by atoms with Gasteiger partial charge < -0.3 is 9.64 Å². The highest BCUT2D eigenvalue weighted by Gasteiger charge is 2.42. The summed E-state index contributed by atoms with van der Waals surface area (Å²) >= 11 is 0. The number of hydrazone groups is 1. The van der Waals surface area contributed by atoms with Gasteiger partial charge >= 0.3 is 6.09 Å². The number of likely N-dealkylation sites (tertiary alicyclic amines) is 1. The van der Waals surface area contributed by atoms with Gasteiger partial charge in [-0.05, 0) is 44.9 Å². The zero-order valence-corrected chi connectivity index (χ0v) is 16.6. The van der Waals surface area contributed by atoms with Crippen LogP contribution < -0.4 is 0 Å². The molecule has 6 nitrogen and oxygen atoms in total. The summed E-state index contributed by atoms with van der Waals surface area (Å²) in [5.74, 6) is -3.07. The Morgan fingerprint density at radius 2 is 1.83 bits per heavy atom. The van der Waals surface area contributed by atoms with Crippen LogP contribution in [0.15, 0.2) is 23.3 Å². The third-order valence-corrected chi connectivity index (χ3v) is 4.84. The van der Waals surface area contributed by atoms with E-state index in [0.717, 1.165) is 23.2 Å². The van der Waals surface area contributed by atoms with Crippen LogP contribution in [0.25, 0.3) is 0 Å². The Labute approximate surface area is 167 Å². The fourth-order valence-corrected chi connectivity index (χ4v) is 3.52. The Morgan fingerprint density at radius 1 is 1.17 bits per heavy atom. The Kier molecular flexibility index (Phi) is 5.86. The fourth-order valence-electron chi connectivity index (χ4n) is 3.52. The second kappa shape index (κ2) is 8.04. The van der Waals surface area contributed by atoms with Crippen LogP contribution >= 0.6 is 0 Å². The van der Waals surface area contributed by atoms with Crippen molar-refractivity contribution in [3.8, 4) is 0 Å². The van der Waals surface area contributed by atoms with Crippen molar-refractivity contribution in [2.24, 2.45) is 11.0 Å². The van der Waals surface area contributed by atoms with Gasteiger partial charge in [0.05, 0.1) is 18.5 Å². The zero-order valence-electron chi connectivity index (χ0n) is 16.6. The zero-order chi connectivity index (χ0) is 21.3. The minimum Gasteiger partial charge on any atom is -0.444 e. The molecule has 158 valence electrons. The fraction of sp³-hybridized carbons (Fsp3) is 0.550. The minimum atomic E-state index is -1.59. The lowest BCUT2D eigenvalue weighted by Crippen LogP contribution is -2.50. The largest absolute Gasteiger partial charge is 0.444 e. The molecule has 0 N–H and O–H groups in total. The maximum atomic E-state index is 14.8. The van der Waals surface area contributed by atoms with E-state index in [1.165, 1.54) is 11.1 Å². The number of benzene rings is 1. The first kappa shape index (κ1) is 21.1. The van der Waals surface area contributed by atoms with Gasteiger partial charge in [-0.15, -0.1) is 0 Å². The molecule has 2 amide bonds. The normalized spacial score (nSPS) is 24.7. The first-order valence-corrected chi connectivity index (χ1v) is 9.48. The third-order valence-electron chi connectivity index (χ3n) is 4.84. The van der Waals surface area contributed by atoms with Crippen molar-refractivity contribution in [3.63, 3.8) is 0 Å². The monoisotopic (exact) mass is 411 g/mol. The van der Waals surface area contributed by atoms with E-state index in [1.54, 1.807) is 20.8 Å². The number of amides is 2. The molecule has 0 aromatic heterocycles. The van der Waals surface area contributed by atoms with Gasteiger partial charge in [-0.25, -0.2) is 23.0 Å². The molecule has 1 aromatic rings. The van der Waals surface area contributed by atoms with Crippen LogP contribution in [-0.4, -0.2) is 53.0 Å². The molecule has 1 aromatic carbocycles. The average molecular weight is 411 g/mol. The smallest absolute Gasteiger partial charge is 0.410 e. The quantitative estimate of drug-likeness (QED) is 0.743. The second-order valence-electron chi connectivity index (χ2n) is 8.27. The highest BCUT2D eigenvalue weighted by atomic mass is 19.1. The maximum absolute atomic E-state index is 14.8. The summed E-state index contributed by atoms with van der Waals surface area (Å²) in [4.78, 5) is 26.3. The molecule has 0 spiro atoms. The summed E-state index contributed by atoms with van der Waals surface area (Å²) in [6.07, 6.45) is -0.366. The van der Waals surface area contributed by atoms with E-state index < -0.39 is 47.4 Å².